The fourth-order valence-corrected chi connectivity index (χ4v) is 2.46. The maximum atomic E-state index is 5.37. The Morgan fingerprint density at radius 3 is 2.82 bits per heavy atom. The summed E-state index contributed by atoms with van der Waals surface area (Å²) in [6.45, 7) is 4.42. The summed E-state index contributed by atoms with van der Waals surface area (Å²) in [5.41, 5.74) is 2.27. The van der Waals surface area contributed by atoms with Crippen molar-refractivity contribution in [2.24, 2.45) is 0 Å². The van der Waals surface area contributed by atoms with Crippen LogP contribution in [0.15, 0.2) is 24.3 Å². The van der Waals surface area contributed by atoms with E-state index >= 15 is 0 Å². The van der Waals surface area contributed by atoms with E-state index in [1.807, 2.05) is 12.1 Å². The predicted octanol–water partition coefficient (Wildman–Crippen LogP) is 1.99. The molecule has 1 N–H and O–H groups in total. The number of hydrogen-bond acceptors (Lipinski definition) is 3. The lowest BCUT2D eigenvalue weighted by molar-refractivity contribution is 0.0239. The first-order chi connectivity index (χ1) is 8.34. The first-order valence-electron chi connectivity index (χ1n) is 5.82. The summed E-state index contributed by atoms with van der Waals surface area (Å²) in [5.74, 6) is 0. The zero-order valence-corrected chi connectivity index (χ0v) is 10.4. The van der Waals surface area contributed by atoms with Crippen molar-refractivity contribution in [1.82, 2.24) is 14.5 Å². The van der Waals surface area contributed by atoms with Crippen LogP contribution in [0.2, 0.25) is 0 Å². The van der Waals surface area contributed by atoms with E-state index in [9.17, 15) is 0 Å². The molecule has 0 aliphatic carbocycles. The van der Waals surface area contributed by atoms with Crippen molar-refractivity contribution in [3.05, 3.63) is 29.0 Å². The molecule has 1 aromatic heterocycles. The molecule has 2 aromatic rings. The minimum atomic E-state index is 0.790. The molecular formula is C12H15N3OS. The number of hydrogen-bond donors (Lipinski definition) is 1. The molecule has 5 heteroatoms. The summed E-state index contributed by atoms with van der Waals surface area (Å²) < 4.78 is 8.29. The van der Waals surface area contributed by atoms with E-state index in [-0.39, 0.29) is 0 Å². The Labute approximate surface area is 105 Å². The third kappa shape index (κ3) is 2.13. The van der Waals surface area contributed by atoms with Crippen LogP contribution in [0.5, 0.6) is 0 Å². The molecule has 0 atom stereocenters. The Morgan fingerprint density at radius 1 is 1.24 bits per heavy atom. The second-order valence-electron chi connectivity index (χ2n) is 4.25. The van der Waals surface area contributed by atoms with Crippen LogP contribution in [0.1, 0.15) is 0 Å². The van der Waals surface area contributed by atoms with Crippen LogP contribution in [0.4, 0.5) is 0 Å². The number of rotatable bonds is 2. The van der Waals surface area contributed by atoms with Gasteiger partial charge in [0.2, 0.25) is 0 Å². The van der Waals surface area contributed by atoms with E-state index in [1.54, 1.807) is 0 Å². The van der Waals surface area contributed by atoms with Crippen molar-refractivity contribution >= 4 is 23.3 Å². The molecule has 2 heterocycles. The van der Waals surface area contributed by atoms with E-state index < -0.39 is 0 Å². The predicted molar refractivity (Wildman–Crippen MR) is 69.5 cm³/mol. The third-order valence-corrected chi connectivity index (χ3v) is 3.45. The fourth-order valence-electron chi connectivity index (χ4n) is 2.19. The van der Waals surface area contributed by atoms with E-state index in [2.05, 4.69) is 26.6 Å². The van der Waals surface area contributed by atoms with Crippen LogP contribution in [0, 0.1) is 4.77 Å². The molecule has 1 fully saturated rings. The molecule has 0 spiro atoms. The molecular weight excluding hydrogens is 234 g/mol. The molecule has 0 amide bonds. The molecule has 4 nitrogen and oxygen atoms in total. The van der Waals surface area contributed by atoms with Gasteiger partial charge in [-0.05, 0) is 24.4 Å². The van der Waals surface area contributed by atoms with Crippen molar-refractivity contribution in [3.63, 3.8) is 0 Å². The SMILES string of the molecule is S=c1[nH]c2ccccc2n1CN1CCOCC1. The van der Waals surface area contributed by atoms with Gasteiger partial charge in [0.15, 0.2) is 4.77 Å². The fraction of sp³-hybridized carbons (Fsp3) is 0.417. The number of H-pyrrole nitrogens is 1. The highest BCUT2D eigenvalue weighted by atomic mass is 32.1. The van der Waals surface area contributed by atoms with E-state index in [4.69, 9.17) is 17.0 Å². The zero-order valence-electron chi connectivity index (χ0n) is 9.56. The molecule has 3 rings (SSSR count). The molecule has 90 valence electrons. The molecule has 0 bridgehead atoms. The maximum absolute atomic E-state index is 5.37. The highest BCUT2D eigenvalue weighted by molar-refractivity contribution is 7.71. The Bertz CT molecular complexity index is 568. The van der Waals surface area contributed by atoms with Gasteiger partial charge in [0.25, 0.3) is 0 Å². The minimum absolute atomic E-state index is 0.790. The monoisotopic (exact) mass is 249 g/mol. The number of imidazole rings is 1. The highest BCUT2D eigenvalue weighted by Crippen LogP contribution is 2.14. The first-order valence-corrected chi connectivity index (χ1v) is 6.23. The summed E-state index contributed by atoms with van der Waals surface area (Å²) in [5, 5.41) is 0. The maximum Gasteiger partial charge on any atom is 0.179 e. The Kier molecular flexibility index (Phi) is 2.96. The third-order valence-electron chi connectivity index (χ3n) is 3.13. The summed E-state index contributed by atoms with van der Waals surface area (Å²) in [6, 6.07) is 8.22. The summed E-state index contributed by atoms with van der Waals surface area (Å²) >= 11 is 5.37. The first kappa shape index (κ1) is 11.0. The number of aromatic nitrogens is 2. The smallest absolute Gasteiger partial charge is 0.179 e. The van der Waals surface area contributed by atoms with Gasteiger partial charge in [0.1, 0.15) is 0 Å². The molecule has 1 aliphatic rings. The molecule has 0 saturated carbocycles. The van der Waals surface area contributed by atoms with Gasteiger partial charge in [-0.3, -0.25) is 4.90 Å². The van der Waals surface area contributed by atoms with Gasteiger partial charge in [0.05, 0.1) is 30.9 Å². The lowest BCUT2D eigenvalue weighted by Gasteiger charge is -2.26. The Balaban J connectivity index is 1.93. The van der Waals surface area contributed by atoms with Crippen LogP contribution in [0.25, 0.3) is 11.0 Å². The lowest BCUT2D eigenvalue weighted by atomic mass is 10.3. The van der Waals surface area contributed by atoms with Gasteiger partial charge < -0.3 is 14.3 Å². The number of aromatic amines is 1. The molecule has 1 aromatic carbocycles. The van der Waals surface area contributed by atoms with Crippen molar-refractivity contribution in [2.45, 2.75) is 6.67 Å². The topological polar surface area (TPSA) is 33.2 Å². The van der Waals surface area contributed by atoms with Gasteiger partial charge in [-0.2, -0.15) is 0 Å². The van der Waals surface area contributed by atoms with E-state index in [0.29, 0.717) is 0 Å². The molecule has 0 radical (unpaired) electrons. The number of benzene rings is 1. The van der Waals surface area contributed by atoms with Crippen LogP contribution in [-0.4, -0.2) is 40.8 Å². The summed E-state index contributed by atoms with van der Waals surface area (Å²) in [4.78, 5) is 5.60. The Morgan fingerprint density at radius 2 is 2.00 bits per heavy atom. The number of nitrogens with zero attached hydrogens (tertiary/aromatic N) is 2. The standard InChI is InChI=1S/C12H15N3OS/c17-12-13-10-3-1-2-4-11(10)15(12)9-14-5-7-16-8-6-14/h1-4H,5-9H2,(H,13,17). The number of ether oxygens (including phenoxy) is 1. The van der Waals surface area contributed by atoms with Gasteiger partial charge in [-0.1, -0.05) is 12.1 Å². The number of morpholine rings is 1. The number of nitrogens with one attached hydrogen (secondary N) is 1. The van der Waals surface area contributed by atoms with Crippen molar-refractivity contribution in [3.8, 4) is 0 Å². The minimum Gasteiger partial charge on any atom is -0.379 e. The van der Waals surface area contributed by atoms with Crippen LogP contribution in [-0.2, 0) is 11.4 Å². The molecule has 1 saturated heterocycles. The molecule has 0 unspecified atom stereocenters. The second-order valence-corrected chi connectivity index (χ2v) is 4.63. The van der Waals surface area contributed by atoms with Gasteiger partial charge in [-0.15, -0.1) is 0 Å². The normalized spacial score (nSPS) is 17.6. The van der Waals surface area contributed by atoms with Gasteiger partial charge in [-0.25, -0.2) is 0 Å². The van der Waals surface area contributed by atoms with Crippen LogP contribution < -0.4 is 0 Å². The van der Waals surface area contributed by atoms with Crippen molar-refractivity contribution in [2.75, 3.05) is 26.3 Å². The van der Waals surface area contributed by atoms with Crippen LogP contribution >= 0.6 is 12.2 Å². The highest BCUT2D eigenvalue weighted by Gasteiger charge is 2.12. The second kappa shape index (κ2) is 4.60. The van der Waals surface area contributed by atoms with Crippen molar-refractivity contribution in [1.29, 1.82) is 0 Å². The average molecular weight is 249 g/mol. The van der Waals surface area contributed by atoms with Crippen LogP contribution in [0.3, 0.4) is 0 Å². The van der Waals surface area contributed by atoms with Gasteiger partial charge in [0, 0.05) is 13.1 Å². The lowest BCUT2D eigenvalue weighted by Crippen LogP contribution is -2.37. The Hall–Kier alpha value is -1.17. The quantitative estimate of drug-likeness (QED) is 0.826. The number of para-hydroxylation sites is 2. The van der Waals surface area contributed by atoms with Crippen molar-refractivity contribution < 1.29 is 4.74 Å². The average Bonchev–Trinajstić information content (AvgIpc) is 2.68. The molecule has 1 aliphatic heterocycles. The van der Waals surface area contributed by atoms with Gasteiger partial charge >= 0.3 is 0 Å². The molecule has 17 heavy (non-hydrogen) atoms. The summed E-state index contributed by atoms with van der Waals surface area (Å²) in [7, 11) is 0. The number of fused-ring (bicyclic) bond motifs is 1. The zero-order chi connectivity index (χ0) is 11.7. The van der Waals surface area contributed by atoms with E-state index in [1.165, 1.54) is 5.52 Å². The largest absolute Gasteiger partial charge is 0.379 e. The van der Waals surface area contributed by atoms with E-state index in [0.717, 1.165) is 43.3 Å². The summed E-state index contributed by atoms with van der Waals surface area (Å²) in [6.07, 6.45) is 0.